The van der Waals surface area contributed by atoms with Crippen LogP contribution in [-0.2, 0) is 9.68 Å². The van der Waals surface area contributed by atoms with Crippen LogP contribution in [0.1, 0.15) is 110 Å². The van der Waals surface area contributed by atoms with Crippen molar-refractivity contribution in [2.75, 3.05) is 13.2 Å². The van der Waals surface area contributed by atoms with Gasteiger partial charge in [-0.3, -0.25) is 10.1 Å². The number of unbranched alkanes of at least 4 members (excludes halogenated alkanes) is 14. The van der Waals surface area contributed by atoms with E-state index in [-0.39, 0.29) is 13.2 Å². The third kappa shape index (κ3) is 31.6. The highest BCUT2D eigenvalue weighted by Crippen LogP contribution is 2.13. The molecule has 0 fully saturated rings. The Kier molecular flexibility index (Phi) is 27.2. The van der Waals surface area contributed by atoms with Gasteiger partial charge in [-0.25, -0.2) is 4.89 Å². The first kappa shape index (κ1) is 26.6. The van der Waals surface area contributed by atoms with Crippen LogP contribution in [0, 0.1) is 0 Å². The zero-order chi connectivity index (χ0) is 19.0. The van der Waals surface area contributed by atoms with E-state index >= 15 is 0 Å². The lowest BCUT2D eigenvalue weighted by atomic mass is 10.0. The van der Waals surface area contributed by atoms with Gasteiger partial charge in [0.15, 0.2) is 0 Å². The van der Waals surface area contributed by atoms with Crippen LogP contribution in [0.5, 0.6) is 0 Å². The molecule has 0 aliphatic rings. The maximum atomic E-state index is 10.3. The van der Waals surface area contributed by atoms with Gasteiger partial charge >= 0.3 is 5.97 Å². The predicted molar refractivity (Wildman–Crippen MR) is 103 cm³/mol. The Morgan fingerprint density at radius 1 is 0.720 bits per heavy atom. The van der Waals surface area contributed by atoms with Gasteiger partial charge in [-0.2, -0.15) is 0 Å². The average Bonchev–Trinajstić information content (AvgIpc) is 2.59. The van der Waals surface area contributed by atoms with E-state index in [0.717, 1.165) is 12.8 Å². The number of carboxylic acid groups (broad SMARTS) is 1. The Labute approximate surface area is 154 Å². The zero-order valence-corrected chi connectivity index (χ0v) is 16.4. The van der Waals surface area contributed by atoms with Crippen molar-refractivity contribution in [2.45, 2.75) is 110 Å². The molecule has 0 spiro atoms. The van der Waals surface area contributed by atoms with Crippen LogP contribution in [0.15, 0.2) is 0 Å². The normalized spacial score (nSPS) is 10.4. The Morgan fingerprint density at radius 2 is 1.08 bits per heavy atom. The van der Waals surface area contributed by atoms with Crippen molar-refractivity contribution in [3.05, 3.63) is 0 Å². The fourth-order valence-corrected chi connectivity index (χ4v) is 2.69. The summed E-state index contributed by atoms with van der Waals surface area (Å²) in [5.74, 6) is -0.653. The fraction of sp³-hybridized carbons (Fsp3) is 0.950. The van der Waals surface area contributed by atoms with Gasteiger partial charge in [0, 0.05) is 6.42 Å². The molecule has 5 heteroatoms. The molecular weight excluding hydrogens is 320 g/mol. The van der Waals surface area contributed by atoms with Gasteiger partial charge in [0.25, 0.3) is 0 Å². The molecule has 0 bridgehead atoms. The first-order valence-electron chi connectivity index (χ1n) is 10.3. The molecule has 0 atom stereocenters. The zero-order valence-electron chi connectivity index (χ0n) is 16.4. The summed E-state index contributed by atoms with van der Waals surface area (Å²) in [4.78, 5) is 13.8. The van der Waals surface area contributed by atoms with Crippen molar-refractivity contribution in [1.29, 1.82) is 0 Å². The van der Waals surface area contributed by atoms with Crippen molar-refractivity contribution in [3.63, 3.8) is 0 Å². The van der Waals surface area contributed by atoms with Gasteiger partial charge in [-0.05, 0) is 6.42 Å². The molecule has 0 aromatic heterocycles. The standard InChI is InChI=1S/C18H36O2.C2H6O3/c1-2-3-4-5-6-7-8-9-10-11-12-13-14-15-16-17-18(19)20;3-1-2-5-4/h2-17H2,1H3,(H,19,20);3-4H,1-2H2. The number of hydrogen-bond donors (Lipinski definition) is 3. The van der Waals surface area contributed by atoms with Crippen molar-refractivity contribution >= 4 is 5.97 Å². The van der Waals surface area contributed by atoms with E-state index in [1.54, 1.807) is 0 Å². The second-order valence-corrected chi connectivity index (χ2v) is 6.65. The molecule has 0 heterocycles. The average molecular weight is 363 g/mol. The third-order valence-electron chi connectivity index (χ3n) is 4.18. The minimum Gasteiger partial charge on any atom is -0.481 e. The van der Waals surface area contributed by atoms with Crippen LogP contribution < -0.4 is 0 Å². The molecule has 0 amide bonds. The predicted octanol–water partition coefficient (Wildman–Crippen LogP) is 5.80. The molecular formula is C20H42O5. The monoisotopic (exact) mass is 362 g/mol. The number of rotatable bonds is 18. The van der Waals surface area contributed by atoms with E-state index in [9.17, 15) is 4.79 Å². The lowest BCUT2D eigenvalue weighted by Gasteiger charge is -2.03. The second kappa shape index (κ2) is 25.6. The van der Waals surface area contributed by atoms with Gasteiger partial charge in [-0.15, -0.1) is 0 Å². The number of carboxylic acids is 1. The third-order valence-corrected chi connectivity index (χ3v) is 4.18. The Morgan fingerprint density at radius 3 is 1.32 bits per heavy atom. The minimum absolute atomic E-state index is 0. The topological polar surface area (TPSA) is 87.0 Å². The Hall–Kier alpha value is -0.650. The fourth-order valence-electron chi connectivity index (χ4n) is 2.69. The molecule has 5 nitrogen and oxygen atoms in total. The maximum Gasteiger partial charge on any atom is 0.303 e. The molecule has 0 aromatic carbocycles. The van der Waals surface area contributed by atoms with Crippen LogP contribution in [0.4, 0.5) is 0 Å². The van der Waals surface area contributed by atoms with Crippen LogP contribution in [0.25, 0.3) is 0 Å². The summed E-state index contributed by atoms with van der Waals surface area (Å²) < 4.78 is 0. The molecule has 0 unspecified atom stereocenters. The molecule has 25 heavy (non-hydrogen) atoms. The molecule has 0 saturated carbocycles. The largest absolute Gasteiger partial charge is 0.481 e. The van der Waals surface area contributed by atoms with Gasteiger partial charge in [0.2, 0.25) is 0 Å². The van der Waals surface area contributed by atoms with Crippen LogP contribution in [0.2, 0.25) is 0 Å². The number of hydrogen-bond acceptors (Lipinski definition) is 4. The molecule has 0 radical (unpaired) electrons. The summed E-state index contributed by atoms with van der Waals surface area (Å²) in [5, 5.41) is 23.7. The number of aliphatic hydroxyl groups excluding tert-OH is 1. The smallest absolute Gasteiger partial charge is 0.303 e. The minimum atomic E-state index is -0.653. The van der Waals surface area contributed by atoms with Gasteiger partial charge in [0.05, 0.1) is 6.61 Å². The van der Waals surface area contributed by atoms with Crippen LogP contribution in [0.3, 0.4) is 0 Å². The van der Waals surface area contributed by atoms with Crippen LogP contribution in [-0.4, -0.2) is 34.7 Å². The molecule has 0 rings (SSSR count). The van der Waals surface area contributed by atoms with E-state index in [4.69, 9.17) is 15.5 Å². The van der Waals surface area contributed by atoms with Crippen molar-refractivity contribution in [1.82, 2.24) is 0 Å². The summed E-state index contributed by atoms with van der Waals surface area (Å²) in [6, 6.07) is 0. The summed E-state index contributed by atoms with van der Waals surface area (Å²) >= 11 is 0. The first-order chi connectivity index (χ1) is 12.2. The van der Waals surface area contributed by atoms with E-state index in [1.807, 2.05) is 0 Å². The van der Waals surface area contributed by atoms with Gasteiger partial charge < -0.3 is 10.2 Å². The molecule has 0 aliphatic carbocycles. The lowest BCUT2D eigenvalue weighted by Crippen LogP contribution is -1.93. The van der Waals surface area contributed by atoms with E-state index in [1.165, 1.54) is 83.5 Å². The van der Waals surface area contributed by atoms with Gasteiger partial charge in [-0.1, -0.05) is 96.8 Å². The second-order valence-electron chi connectivity index (χ2n) is 6.65. The first-order valence-corrected chi connectivity index (χ1v) is 10.3. The van der Waals surface area contributed by atoms with Crippen molar-refractivity contribution in [2.24, 2.45) is 0 Å². The summed E-state index contributed by atoms with van der Waals surface area (Å²) in [5.41, 5.74) is 0. The number of aliphatic carboxylic acids is 1. The van der Waals surface area contributed by atoms with E-state index in [0.29, 0.717) is 6.42 Å². The number of aliphatic hydroxyl groups is 1. The van der Waals surface area contributed by atoms with E-state index < -0.39 is 5.97 Å². The Balaban J connectivity index is 0. The Bertz CT molecular complexity index is 244. The lowest BCUT2D eigenvalue weighted by molar-refractivity contribution is -0.246. The molecule has 0 aliphatic heterocycles. The van der Waals surface area contributed by atoms with Gasteiger partial charge in [0.1, 0.15) is 6.61 Å². The SMILES string of the molecule is CCCCCCCCCCCCCCCCCC(=O)O.OCCOO. The quantitative estimate of drug-likeness (QED) is 0.163. The van der Waals surface area contributed by atoms with Crippen molar-refractivity contribution in [3.8, 4) is 0 Å². The van der Waals surface area contributed by atoms with E-state index in [2.05, 4.69) is 11.8 Å². The molecule has 0 saturated heterocycles. The molecule has 0 aromatic rings. The van der Waals surface area contributed by atoms with Crippen LogP contribution >= 0.6 is 0 Å². The highest BCUT2D eigenvalue weighted by molar-refractivity contribution is 5.66. The molecule has 3 N–H and O–H groups in total. The highest BCUT2D eigenvalue weighted by Gasteiger charge is 1.97. The van der Waals surface area contributed by atoms with Crippen molar-refractivity contribution < 1.29 is 25.2 Å². The highest BCUT2D eigenvalue weighted by atomic mass is 17.1. The summed E-state index contributed by atoms with van der Waals surface area (Å²) in [6.45, 7) is 2.14. The maximum absolute atomic E-state index is 10.3. The number of carbonyl (C=O) groups is 1. The molecule has 152 valence electrons. The summed E-state index contributed by atoms with van der Waals surface area (Å²) in [7, 11) is 0. The summed E-state index contributed by atoms with van der Waals surface area (Å²) in [6.07, 6.45) is 20.2.